The Morgan fingerprint density at radius 2 is 1.90 bits per heavy atom. The first-order chi connectivity index (χ1) is 9.96. The van der Waals surface area contributed by atoms with Crippen LogP contribution in [-0.2, 0) is 0 Å². The van der Waals surface area contributed by atoms with Crippen LogP contribution in [0.25, 0.3) is 5.95 Å². The second-order valence-corrected chi connectivity index (χ2v) is 3.62. The predicted octanol–water partition coefficient (Wildman–Crippen LogP) is 0.286. The number of methoxy groups -OCH3 is 2. The number of nitro groups is 1. The molecule has 2 aromatic heterocycles. The number of hydrogen-bond acceptors (Lipinski definition) is 8. The quantitative estimate of drug-likeness (QED) is 0.607. The fourth-order valence-electron chi connectivity index (χ4n) is 1.46. The van der Waals surface area contributed by atoms with Crippen LogP contribution >= 0.6 is 0 Å². The zero-order valence-corrected chi connectivity index (χ0v) is 10.9. The third kappa shape index (κ3) is 2.70. The molecule has 0 radical (unpaired) electrons. The molecule has 0 aliphatic rings. The minimum absolute atomic E-state index is 0.123. The number of aromatic nitrogens is 4. The van der Waals surface area contributed by atoms with Gasteiger partial charge in [0.05, 0.1) is 25.2 Å². The molecule has 2 rings (SSSR count). The normalized spacial score (nSPS) is 10.2. The average molecular weight is 295 g/mol. The van der Waals surface area contributed by atoms with E-state index < -0.39 is 22.3 Å². The van der Waals surface area contributed by atoms with E-state index in [0.29, 0.717) is 0 Å². The van der Waals surface area contributed by atoms with Crippen LogP contribution in [0.2, 0.25) is 0 Å². The van der Waals surface area contributed by atoms with Gasteiger partial charge in [0.25, 0.3) is 5.95 Å². The largest absolute Gasteiger partial charge is 0.481 e. The Kier molecular flexibility index (Phi) is 3.65. The smallest absolute Gasteiger partial charge is 0.363 e. The van der Waals surface area contributed by atoms with E-state index in [-0.39, 0.29) is 17.7 Å². The molecule has 0 saturated heterocycles. The first-order valence-corrected chi connectivity index (χ1v) is 5.41. The summed E-state index contributed by atoms with van der Waals surface area (Å²) in [5.74, 6) is -1.39. The second kappa shape index (κ2) is 5.40. The summed E-state index contributed by atoms with van der Waals surface area (Å²) in [6, 6.07) is 1.39. The van der Waals surface area contributed by atoms with Gasteiger partial charge in [-0.1, -0.05) is 0 Å². The van der Waals surface area contributed by atoms with Gasteiger partial charge in [0.15, 0.2) is 0 Å². The lowest BCUT2D eigenvalue weighted by molar-refractivity contribution is -0.385. The van der Waals surface area contributed by atoms with Crippen LogP contribution in [0, 0.1) is 10.1 Å². The van der Waals surface area contributed by atoms with E-state index in [4.69, 9.17) is 14.6 Å². The van der Waals surface area contributed by atoms with Crippen LogP contribution < -0.4 is 9.47 Å². The van der Waals surface area contributed by atoms with Crippen molar-refractivity contribution >= 4 is 11.7 Å². The summed E-state index contributed by atoms with van der Waals surface area (Å²) in [7, 11) is 2.72. The number of carboxylic acids is 1. The Labute approximate surface area is 116 Å². The van der Waals surface area contributed by atoms with Gasteiger partial charge in [-0.25, -0.2) is 4.79 Å². The van der Waals surface area contributed by atoms with Gasteiger partial charge in [-0.15, -0.1) is 0 Å². The van der Waals surface area contributed by atoms with Gasteiger partial charge < -0.3 is 14.6 Å². The fourth-order valence-corrected chi connectivity index (χ4v) is 1.46. The topological polar surface area (TPSA) is 142 Å². The first kappa shape index (κ1) is 14.2. The van der Waals surface area contributed by atoms with Crippen molar-refractivity contribution < 1.29 is 24.3 Å². The molecule has 2 heterocycles. The summed E-state index contributed by atoms with van der Waals surface area (Å²) in [5, 5.41) is 23.3. The molecule has 0 fully saturated rings. The van der Waals surface area contributed by atoms with E-state index in [1.54, 1.807) is 0 Å². The molecule has 11 heteroatoms. The van der Waals surface area contributed by atoms with Crippen molar-refractivity contribution in [2.75, 3.05) is 14.2 Å². The first-order valence-electron chi connectivity index (χ1n) is 5.41. The third-order valence-electron chi connectivity index (χ3n) is 2.38. The van der Waals surface area contributed by atoms with E-state index in [1.165, 1.54) is 20.3 Å². The monoisotopic (exact) mass is 295 g/mol. The van der Waals surface area contributed by atoms with Crippen molar-refractivity contribution in [3.05, 3.63) is 28.1 Å². The van der Waals surface area contributed by atoms with Gasteiger partial charge >= 0.3 is 11.7 Å². The third-order valence-corrected chi connectivity index (χ3v) is 2.38. The van der Waals surface area contributed by atoms with Crippen LogP contribution in [-0.4, -0.2) is 50.0 Å². The summed E-state index contributed by atoms with van der Waals surface area (Å²) in [6.07, 6.45) is 0.900. The number of nitrogens with zero attached hydrogens (tertiary/aromatic N) is 5. The van der Waals surface area contributed by atoms with Crippen molar-refractivity contribution in [3.8, 4) is 17.7 Å². The molecule has 21 heavy (non-hydrogen) atoms. The van der Waals surface area contributed by atoms with Crippen molar-refractivity contribution in [2.24, 2.45) is 0 Å². The molecular formula is C10H9N5O6. The zero-order valence-electron chi connectivity index (χ0n) is 10.9. The lowest BCUT2D eigenvalue weighted by Gasteiger charge is -2.05. The van der Waals surface area contributed by atoms with Gasteiger partial charge in [-0.05, 0) is 0 Å². The highest BCUT2D eigenvalue weighted by atomic mass is 16.6. The standard InChI is InChI=1S/C10H9N5O6/c1-20-6-3-7(21-2)12-10(11-6)14-4-5(15(18)19)8(13-14)9(16)17/h3-4H,1-2H3,(H,16,17). The van der Waals surface area contributed by atoms with Crippen LogP contribution in [0.15, 0.2) is 12.3 Å². The summed E-state index contributed by atoms with van der Waals surface area (Å²) in [5.41, 5.74) is -1.39. The van der Waals surface area contributed by atoms with Crippen molar-refractivity contribution in [2.45, 2.75) is 0 Å². The number of ether oxygens (including phenoxy) is 2. The molecule has 0 unspecified atom stereocenters. The highest BCUT2D eigenvalue weighted by Gasteiger charge is 2.26. The number of carboxylic acid groups (broad SMARTS) is 1. The zero-order chi connectivity index (χ0) is 15.6. The van der Waals surface area contributed by atoms with Gasteiger partial charge in [-0.2, -0.15) is 19.7 Å². The van der Waals surface area contributed by atoms with Crippen LogP contribution in [0.4, 0.5) is 5.69 Å². The molecule has 0 aromatic carbocycles. The van der Waals surface area contributed by atoms with E-state index in [9.17, 15) is 14.9 Å². The van der Waals surface area contributed by atoms with Crippen LogP contribution in [0.5, 0.6) is 11.8 Å². The van der Waals surface area contributed by atoms with E-state index in [1.807, 2.05) is 0 Å². The minimum atomic E-state index is -1.53. The second-order valence-electron chi connectivity index (χ2n) is 3.62. The van der Waals surface area contributed by atoms with Crippen molar-refractivity contribution in [1.82, 2.24) is 19.7 Å². The van der Waals surface area contributed by atoms with Crippen LogP contribution in [0.3, 0.4) is 0 Å². The lowest BCUT2D eigenvalue weighted by Crippen LogP contribution is -2.06. The highest BCUT2D eigenvalue weighted by Crippen LogP contribution is 2.21. The molecule has 0 aliphatic carbocycles. The Bertz CT molecular complexity index is 658. The maximum absolute atomic E-state index is 10.9. The molecule has 0 atom stereocenters. The summed E-state index contributed by atoms with van der Waals surface area (Å²) in [6.45, 7) is 0. The fraction of sp³-hybridized carbons (Fsp3) is 0.200. The summed E-state index contributed by atoms with van der Waals surface area (Å²) >= 11 is 0. The SMILES string of the molecule is COc1cc(OC)nc(-n2cc([N+](=O)[O-])c(C(=O)O)n2)n1. The molecule has 0 spiro atoms. The predicted molar refractivity (Wildman–Crippen MR) is 65.9 cm³/mol. The minimum Gasteiger partial charge on any atom is -0.481 e. The maximum Gasteiger partial charge on any atom is 0.363 e. The molecule has 1 N–H and O–H groups in total. The number of aromatic carboxylic acids is 1. The number of hydrogen-bond donors (Lipinski definition) is 1. The average Bonchev–Trinajstić information content (AvgIpc) is 2.92. The maximum atomic E-state index is 10.9. The Balaban J connectivity index is 2.59. The Hall–Kier alpha value is -3.24. The van der Waals surface area contributed by atoms with Gasteiger partial charge in [0, 0.05) is 0 Å². The molecule has 2 aromatic rings. The van der Waals surface area contributed by atoms with Crippen molar-refractivity contribution in [3.63, 3.8) is 0 Å². The summed E-state index contributed by atoms with van der Waals surface area (Å²) < 4.78 is 10.7. The summed E-state index contributed by atoms with van der Waals surface area (Å²) in [4.78, 5) is 28.7. The molecule has 11 nitrogen and oxygen atoms in total. The molecule has 110 valence electrons. The molecule has 0 bridgehead atoms. The van der Waals surface area contributed by atoms with E-state index in [2.05, 4.69) is 15.1 Å². The number of carbonyl (C=O) groups is 1. The molecule has 0 aliphatic heterocycles. The van der Waals surface area contributed by atoms with Gasteiger partial charge in [-0.3, -0.25) is 10.1 Å². The molecule has 0 amide bonds. The Morgan fingerprint density at radius 3 is 2.29 bits per heavy atom. The highest BCUT2D eigenvalue weighted by molar-refractivity contribution is 5.89. The van der Waals surface area contributed by atoms with Gasteiger partial charge in [0.2, 0.25) is 17.5 Å². The van der Waals surface area contributed by atoms with Crippen LogP contribution in [0.1, 0.15) is 10.5 Å². The lowest BCUT2D eigenvalue weighted by atomic mass is 10.4. The number of rotatable bonds is 5. The van der Waals surface area contributed by atoms with Crippen molar-refractivity contribution in [1.29, 1.82) is 0 Å². The van der Waals surface area contributed by atoms with Gasteiger partial charge in [0.1, 0.15) is 6.20 Å². The Morgan fingerprint density at radius 1 is 1.33 bits per heavy atom. The molecular weight excluding hydrogens is 286 g/mol. The van der Waals surface area contributed by atoms with E-state index in [0.717, 1.165) is 10.9 Å². The van der Waals surface area contributed by atoms with E-state index >= 15 is 0 Å². The molecule has 0 saturated carbocycles.